The van der Waals surface area contributed by atoms with Crippen LogP contribution in [0.3, 0.4) is 0 Å². The molecular formula is C17H18N4OS2. The Labute approximate surface area is 149 Å². The number of nitrogens with one attached hydrogen (secondary N) is 1. The summed E-state index contributed by atoms with van der Waals surface area (Å²) in [4.78, 5) is 26.1. The molecule has 1 amide bonds. The van der Waals surface area contributed by atoms with Gasteiger partial charge in [0.25, 0.3) is 0 Å². The van der Waals surface area contributed by atoms with Crippen LogP contribution in [0.4, 0.5) is 11.5 Å². The molecule has 0 aliphatic heterocycles. The van der Waals surface area contributed by atoms with E-state index < -0.39 is 0 Å². The Morgan fingerprint density at radius 1 is 1.33 bits per heavy atom. The molecular weight excluding hydrogens is 340 g/mol. The van der Waals surface area contributed by atoms with Gasteiger partial charge in [-0.25, -0.2) is 9.97 Å². The first-order valence-electron chi connectivity index (χ1n) is 7.43. The van der Waals surface area contributed by atoms with Crippen molar-refractivity contribution in [2.75, 3.05) is 30.1 Å². The summed E-state index contributed by atoms with van der Waals surface area (Å²) in [7, 11) is 1.87. The molecule has 0 aliphatic carbocycles. The van der Waals surface area contributed by atoms with Crippen LogP contribution in [0.5, 0.6) is 0 Å². The number of thioether (sulfide) groups is 1. The van der Waals surface area contributed by atoms with Crippen LogP contribution in [-0.2, 0) is 4.79 Å². The van der Waals surface area contributed by atoms with E-state index in [1.165, 1.54) is 4.88 Å². The number of likely N-dealkylation sites (N-methyl/N-ethyl adjacent to an activating group) is 1. The Morgan fingerprint density at radius 3 is 2.92 bits per heavy atom. The van der Waals surface area contributed by atoms with Gasteiger partial charge in [0.15, 0.2) is 0 Å². The summed E-state index contributed by atoms with van der Waals surface area (Å²) in [5.74, 6) is 0.704. The van der Waals surface area contributed by atoms with Gasteiger partial charge in [-0.3, -0.25) is 4.79 Å². The van der Waals surface area contributed by atoms with Gasteiger partial charge in [-0.05, 0) is 31.4 Å². The van der Waals surface area contributed by atoms with Crippen LogP contribution in [0.2, 0.25) is 0 Å². The van der Waals surface area contributed by atoms with Gasteiger partial charge < -0.3 is 10.2 Å². The Bertz CT molecular complexity index is 878. The van der Waals surface area contributed by atoms with Gasteiger partial charge in [0, 0.05) is 16.8 Å². The Hall–Kier alpha value is -2.12. The highest BCUT2D eigenvalue weighted by Crippen LogP contribution is 2.29. The molecule has 5 nitrogen and oxygen atoms in total. The van der Waals surface area contributed by atoms with Crippen LogP contribution in [0, 0.1) is 6.92 Å². The van der Waals surface area contributed by atoms with Gasteiger partial charge in [0.2, 0.25) is 5.91 Å². The number of carbonyl (C=O) groups is 1. The van der Waals surface area contributed by atoms with Gasteiger partial charge in [-0.15, -0.1) is 23.1 Å². The molecule has 0 radical (unpaired) electrons. The average molecular weight is 358 g/mol. The van der Waals surface area contributed by atoms with Gasteiger partial charge in [-0.2, -0.15) is 0 Å². The fraction of sp³-hybridized carbons (Fsp3) is 0.235. The molecule has 2 heterocycles. The summed E-state index contributed by atoms with van der Waals surface area (Å²) in [6.45, 7) is 2.27. The molecule has 0 spiro atoms. The molecule has 24 heavy (non-hydrogen) atoms. The lowest BCUT2D eigenvalue weighted by Crippen LogP contribution is -2.30. The number of hydrogen-bond donors (Lipinski definition) is 1. The molecule has 0 saturated carbocycles. The molecule has 0 atom stereocenters. The predicted molar refractivity (Wildman–Crippen MR) is 102 cm³/mol. The summed E-state index contributed by atoms with van der Waals surface area (Å²) in [6.07, 6.45) is 3.54. The van der Waals surface area contributed by atoms with Crippen LogP contribution in [0.15, 0.2) is 41.6 Å². The minimum atomic E-state index is -0.0716. The highest BCUT2D eigenvalue weighted by atomic mass is 32.2. The van der Waals surface area contributed by atoms with E-state index in [2.05, 4.69) is 21.4 Å². The maximum Gasteiger partial charge on any atom is 0.243 e. The molecule has 0 aliphatic rings. The summed E-state index contributed by atoms with van der Waals surface area (Å²) < 4.78 is 0. The van der Waals surface area contributed by atoms with Crippen LogP contribution in [0.25, 0.3) is 10.2 Å². The van der Waals surface area contributed by atoms with E-state index in [4.69, 9.17) is 0 Å². The highest BCUT2D eigenvalue weighted by Gasteiger charge is 2.14. The molecule has 7 heteroatoms. The van der Waals surface area contributed by atoms with Crippen molar-refractivity contribution < 1.29 is 4.79 Å². The number of fused-ring (bicyclic) bond motifs is 1. The minimum absolute atomic E-state index is 0.0716. The SMILES string of the molecule is CSc1ccccc1NC(=O)CN(C)c1ncnc2sc(C)cc12. The third-order valence-corrected chi connectivity index (χ3v) is 5.31. The minimum Gasteiger partial charge on any atom is -0.350 e. The van der Waals surface area contributed by atoms with Gasteiger partial charge >= 0.3 is 0 Å². The zero-order valence-corrected chi connectivity index (χ0v) is 15.4. The second kappa shape index (κ2) is 7.19. The topological polar surface area (TPSA) is 58.1 Å². The van der Waals surface area contributed by atoms with Crippen LogP contribution >= 0.6 is 23.1 Å². The number of thiophene rings is 1. The van der Waals surface area contributed by atoms with Gasteiger partial charge in [0.05, 0.1) is 17.6 Å². The number of aromatic nitrogens is 2. The number of rotatable bonds is 5. The van der Waals surface area contributed by atoms with Crippen molar-refractivity contribution in [3.05, 3.63) is 41.5 Å². The quantitative estimate of drug-likeness (QED) is 0.703. The first-order valence-corrected chi connectivity index (χ1v) is 9.47. The Morgan fingerprint density at radius 2 is 2.12 bits per heavy atom. The van der Waals surface area contributed by atoms with Gasteiger partial charge in [0.1, 0.15) is 17.0 Å². The second-order valence-corrected chi connectivity index (χ2v) is 7.46. The first-order chi connectivity index (χ1) is 11.6. The molecule has 3 rings (SSSR count). The van der Waals surface area contributed by atoms with Crippen molar-refractivity contribution in [2.45, 2.75) is 11.8 Å². The first kappa shape index (κ1) is 16.7. The third kappa shape index (κ3) is 3.52. The number of amides is 1. The summed E-state index contributed by atoms with van der Waals surface area (Å²) in [5, 5.41) is 3.96. The van der Waals surface area contributed by atoms with E-state index in [-0.39, 0.29) is 12.5 Å². The number of hydrogen-bond acceptors (Lipinski definition) is 6. The smallest absolute Gasteiger partial charge is 0.243 e. The second-order valence-electron chi connectivity index (χ2n) is 5.38. The fourth-order valence-electron chi connectivity index (χ4n) is 2.50. The maximum absolute atomic E-state index is 12.4. The monoisotopic (exact) mass is 358 g/mol. The number of aryl methyl sites for hydroxylation is 1. The van der Waals surface area contributed by atoms with E-state index in [1.54, 1.807) is 29.4 Å². The number of nitrogens with zero attached hydrogens (tertiary/aromatic N) is 3. The predicted octanol–water partition coefficient (Wildman–Crippen LogP) is 3.80. The molecule has 0 bridgehead atoms. The van der Waals surface area contributed by atoms with Crippen molar-refractivity contribution in [2.24, 2.45) is 0 Å². The Balaban J connectivity index is 1.76. The fourth-order valence-corrected chi connectivity index (χ4v) is 3.89. The normalized spacial score (nSPS) is 10.8. The number of para-hydroxylation sites is 1. The summed E-state index contributed by atoms with van der Waals surface area (Å²) >= 11 is 3.24. The summed E-state index contributed by atoms with van der Waals surface area (Å²) in [6, 6.07) is 9.85. The van der Waals surface area contributed by atoms with Crippen molar-refractivity contribution in [3.63, 3.8) is 0 Å². The van der Waals surface area contributed by atoms with E-state index in [9.17, 15) is 4.79 Å². The van der Waals surface area contributed by atoms with Gasteiger partial charge in [-0.1, -0.05) is 12.1 Å². The lowest BCUT2D eigenvalue weighted by atomic mass is 10.3. The van der Waals surface area contributed by atoms with E-state index in [0.29, 0.717) is 0 Å². The van der Waals surface area contributed by atoms with Crippen molar-refractivity contribution in [1.82, 2.24) is 9.97 Å². The third-order valence-electron chi connectivity index (χ3n) is 3.55. The van der Waals surface area contributed by atoms with Crippen molar-refractivity contribution >= 4 is 50.7 Å². The van der Waals surface area contributed by atoms with Crippen molar-refractivity contribution in [3.8, 4) is 0 Å². The van der Waals surface area contributed by atoms with Crippen LogP contribution in [-0.4, -0.2) is 35.7 Å². The van der Waals surface area contributed by atoms with Crippen LogP contribution in [0.1, 0.15) is 4.88 Å². The summed E-state index contributed by atoms with van der Waals surface area (Å²) in [5.41, 5.74) is 0.836. The molecule has 1 N–H and O–H groups in total. The molecule has 2 aromatic heterocycles. The molecule has 0 saturated heterocycles. The average Bonchev–Trinajstić information content (AvgIpc) is 2.95. The maximum atomic E-state index is 12.4. The Kier molecular flexibility index (Phi) is 5.01. The van der Waals surface area contributed by atoms with E-state index >= 15 is 0 Å². The molecule has 124 valence electrons. The molecule has 1 aromatic carbocycles. The van der Waals surface area contributed by atoms with Crippen molar-refractivity contribution in [1.29, 1.82) is 0 Å². The largest absolute Gasteiger partial charge is 0.350 e. The zero-order valence-electron chi connectivity index (χ0n) is 13.7. The van der Waals surface area contributed by atoms with E-state index in [1.807, 2.05) is 49.4 Å². The standard InChI is InChI=1S/C17H18N4OS2/c1-11-8-12-16(18-10-19-17(12)24-11)21(2)9-15(22)20-13-6-4-5-7-14(13)23-3/h4-8,10H,9H2,1-3H3,(H,20,22). The molecule has 3 aromatic rings. The number of anilines is 2. The van der Waals surface area contributed by atoms with Crippen LogP contribution < -0.4 is 10.2 Å². The number of benzene rings is 1. The number of carbonyl (C=O) groups excluding carboxylic acids is 1. The molecule has 0 unspecified atom stereocenters. The molecule has 0 fully saturated rings. The lowest BCUT2D eigenvalue weighted by Gasteiger charge is -2.18. The zero-order chi connectivity index (χ0) is 17.1. The highest BCUT2D eigenvalue weighted by molar-refractivity contribution is 7.98. The van der Waals surface area contributed by atoms with E-state index in [0.717, 1.165) is 26.6 Å². The lowest BCUT2D eigenvalue weighted by molar-refractivity contribution is -0.114.